The van der Waals surface area contributed by atoms with Crippen molar-refractivity contribution >= 4 is 153 Å². The van der Waals surface area contributed by atoms with Gasteiger partial charge in [0.15, 0.2) is 0 Å². The molecule has 0 atom stereocenters. The van der Waals surface area contributed by atoms with Crippen molar-refractivity contribution in [2.24, 2.45) is 23.2 Å². The van der Waals surface area contributed by atoms with Gasteiger partial charge in [0.25, 0.3) is 0 Å². The molecule has 4 fully saturated rings. The lowest BCUT2D eigenvalue weighted by Crippen LogP contribution is -2.39. The Balaban J connectivity index is 0.000000115. The highest BCUT2D eigenvalue weighted by Gasteiger charge is 2.39. The normalized spacial score (nSPS) is 16.8. The Morgan fingerprint density at radius 1 is 0.372 bits per heavy atom. The van der Waals surface area contributed by atoms with E-state index in [1.807, 2.05) is 125 Å². The van der Waals surface area contributed by atoms with Crippen LogP contribution in [0.4, 0.5) is 0 Å². The number of thiophene rings is 4. The van der Waals surface area contributed by atoms with Crippen molar-refractivity contribution in [1.82, 2.24) is 19.9 Å². The van der Waals surface area contributed by atoms with E-state index in [1.54, 1.807) is 69.6 Å². The number of pyridine rings is 4. The van der Waals surface area contributed by atoms with Crippen molar-refractivity contribution in [1.29, 1.82) is 0 Å². The molecular weight excluding hydrogens is 1590 g/mol. The number of benzene rings is 8. The van der Waals surface area contributed by atoms with E-state index in [1.165, 1.54) is 59.6 Å². The quantitative estimate of drug-likeness (QED) is 0.0663. The fourth-order valence-electron chi connectivity index (χ4n) is 17.5. The molecule has 4 saturated carbocycles. The molecule has 4 N–H and O–H groups in total. The molecule has 614 valence electrons. The van der Waals surface area contributed by atoms with Crippen molar-refractivity contribution in [2.45, 2.75) is 159 Å². The third-order valence-electron chi connectivity index (χ3n) is 24.5. The Morgan fingerprint density at radius 3 is 0.884 bits per heavy atom. The molecule has 8 aromatic heterocycles. The molecule has 16 aromatic rings. The summed E-state index contributed by atoms with van der Waals surface area (Å²) < 4.78 is 29.4. The average molecular weight is 1680 g/mol. The number of aryl methyl sites for hydroxylation is 8. The van der Waals surface area contributed by atoms with Crippen LogP contribution >= 0.6 is 45.3 Å². The molecule has 4 aliphatic carbocycles. The number of carboxylic acid groups (broad SMARTS) is 4. The van der Waals surface area contributed by atoms with E-state index < -0.39 is 23.9 Å². The maximum Gasteiger partial charge on any atom is 0.336 e. The first-order valence-electron chi connectivity index (χ1n) is 41.4. The van der Waals surface area contributed by atoms with Gasteiger partial charge >= 0.3 is 23.9 Å². The van der Waals surface area contributed by atoms with Gasteiger partial charge < -0.3 is 39.4 Å². The van der Waals surface area contributed by atoms with Crippen LogP contribution in [0.5, 0.6) is 23.0 Å². The molecule has 0 bridgehead atoms. The number of carboxylic acids is 4. The van der Waals surface area contributed by atoms with Gasteiger partial charge in [0.05, 0.1) is 133 Å². The molecule has 8 aromatic carbocycles. The Bertz CT molecular complexity index is 6660. The first kappa shape index (κ1) is 81.7. The van der Waals surface area contributed by atoms with Crippen LogP contribution in [0.15, 0.2) is 170 Å². The number of hydrogen-bond acceptors (Lipinski definition) is 16. The lowest BCUT2D eigenvalue weighted by molar-refractivity contribution is 0.0114. The monoisotopic (exact) mass is 1680 g/mol. The lowest BCUT2D eigenvalue weighted by Gasteiger charge is -2.42. The van der Waals surface area contributed by atoms with Crippen molar-refractivity contribution in [3.8, 4) is 65.3 Å². The second-order valence-corrected chi connectivity index (χ2v) is 38.3. The average Bonchev–Trinajstić information content (AvgIpc) is 1.75. The molecule has 20 heteroatoms. The number of carbonyl (C=O) groups is 4. The second kappa shape index (κ2) is 33.0. The van der Waals surface area contributed by atoms with Crippen LogP contribution < -0.4 is 18.9 Å². The molecule has 0 radical (unpaired) electrons. The predicted molar refractivity (Wildman–Crippen MR) is 492 cm³/mol. The van der Waals surface area contributed by atoms with Gasteiger partial charge in [-0.15, -0.1) is 45.3 Å². The Morgan fingerprint density at radius 2 is 0.636 bits per heavy atom. The minimum absolute atomic E-state index is 0.118. The molecular formula is C101H94N4O12S4. The number of fused-ring (bicyclic) bond motifs is 8. The summed E-state index contributed by atoms with van der Waals surface area (Å²) >= 11 is 6.61. The predicted octanol–water partition coefficient (Wildman–Crippen LogP) is 26.8. The largest absolute Gasteiger partial charge is 0.493 e. The molecule has 16 nitrogen and oxygen atoms in total. The van der Waals surface area contributed by atoms with Gasteiger partial charge in [-0.25, -0.2) is 39.1 Å². The summed E-state index contributed by atoms with van der Waals surface area (Å²) in [7, 11) is 0. The maximum absolute atomic E-state index is 12.3. The van der Waals surface area contributed by atoms with E-state index in [-0.39, 0.29) is 46.0 Å². The zero-order valence-corrected chi connectivity index (χ0v) is 72.9. The van der Waals surface area contributed by atoms with Crippen LogP contribution in [0.1, 0.15) is 171 Å². The standard InChI is InChI=1S/C26H25NO3S.3C25H23NO3S/c1-14-9-10-20(30-16-12-26(3,4)13-16)22-18(25(28)29)11-19(27-23(14)22)24-15(2)17-7-5-6-8-21(17)31-24;2*1-13-10-16(11-13)29-20-9-8-14(2)23-22(20)18(25(27)28)12-19(26-23)24-15(3)17-6-4-5-7-21(17)30-24;1-14-10-11-20(29-13-16-6-5-7-16)22-18(25(27)28)12-19(26-23(14)22)24-15(2)17-8-3-4-9-21(17)30-24/h5-11,16H,12-13H2,1-4H3,(H,28,29);2*4-9,12-13,16H,10-11H2,1-3H3,(H,27,28);3-4,8-12,16H,5-7,13H2,1-2H3,(H,27,28). The Hall–Kier alpha value is -11.7. The van der Waals surface area contributed by atoms with Crippen molar-refractivity contribution in [3.05, 3.63) is 237 Å². The summed E-state index contributed by atoms with van der Waals surface area (Å²) in [5.74, 6) is 0.533. The highest BCUT2D eigenvalue weighted by atomic mass is 32.1. The van der Waals surface area contributed by atoms with Crippen molar-refractivity contribution in [3.63, 3.8) is 0 Å². The van der Waals surface area contributed by atoms with Gasteiger partial charge in [0, 0.05) is 18.8 Å². The van der Waals surface area contributed by atoms with Gasteiger partial charge in [-0.3, -0.25) is 0 Å². The topological polar surface area (TPSA) is 238 Å². The molecule has 121 heavy (non-hydrogen) atoms. The van der Waals surface area contributed by atoms with Crippen molar-refractivity contribution < 1.29 is 58.6 Å². The second-order valence-electron chi connectivity index (χ2n) is 34.1. The third kappa shape index (κ3) is 15.9. The maximum atomic E-state index is 12.3. The first-order chi connectivity index (χ1) is 58.1. The number of aromatic carboxylic acids is 4. The smallest absolute Gasteiger partial charge is 0.336 e. The van der Waals surface area contributed by atoms with Crippen LogP contribution in [0.2, 0.25) is 0 Å². The summed E-state index contributed by atoms with van der Waals surface area (Å²) in [4.78, 5) is 72.9. The summed E-state index contributed by atoms with van der Waals surface area (Å²) in [6.45, 7) is 25.7. The third-order valence-corrected chi connectivity index (χ3v) is 29.7. The van der Waals surface area contributed by atoms with E-state index >= 15 is 0 Å². The minimum Gasteiger partial charge on any atom is -0.493 e. The highest BCUT2D eigenvalue weighted by molar-refractivity contribution is 7.23. The summed E-state index contributed by atoms with van der Waals surface area (Å²) in [5, 5.41) is 47.4. The van der Waals surface area contributed by atoms with E-state index in [9.17, 15) is 39.6 Å². The van der Waals surface area contributed by atoms with Crippen LogP contribution in [0.25, 0.3) is 126 Å². The fraction of sp³-hybridized carbons (Fsp3) is 0.287. The van der Waals surface area contributed by atoms with Crippen LogP contribution in [-0.4, -0.2) is 89.2 Å². The summed E-state index contributed by atoms with van der Waals surface area (Å²) in [5.41, 5.74) is 15.2. The van der Waals surface area contributed by atoms with Gasteiger partial charge in [-0.05, 0) is 269 Å². The zero-order valence-electron chi connectivity index (χ0n) is 69.7. The van der Waals surface area contributed by atoms with Crippen LogP contribution in [0, 0.1) is 78.6 Å². The van der Waals surface area contributed by atoms with Gasteiger partial charge in [-0.1, -0.05) is 131 Å². The van der Waals surface area contributed by atoms with Gasteiger partial charge in [-0.2, -0.15) is 0 Å². The Labute approximate surface area is 717 Å². The molecule has 0 amide bonds. The number of hydrogen-bond donors (Lipinski definition) is 4. The van der Waals surface area contributed by atoms with Gasteiger partial charge in [0.2, 0.25) is 0 Å². The molecule has 0 spiro atoms. The van der Waals surface area contributed by atoms with E-state index in [2.05, 4.69) is 104 Å². The van der Waals surface area contributed by atoms with E-state index in [0.717, 1.165) is 103 Å². The number of rotatable bonds is 17. The van der Waals surface area contributed by atoms with E-state index in [4.69, 9.17) is 38.9 Å². The molecule has 0 saturated heterocycles. The van der Waals surface area contributed by atoms with Crippen LogP contribution in [-0.2, 0) is 0 Å². The highest BCUT2D eigenvalue weighted by Crippen LogP contribution is 2.49. The zero-order chi connectivity index (χ0) is 84.7. The summed E-state index contributed by atoms with van der Waals surface area (Å²) in [6, 6.07) is 55.2. The number of aromatic nitrogens is 4. The molecule has 0 unspecified atom stereocenters. The molecule has 20 rings (SSSR count). The number of nitrogens with zero attached hydrogens (tertiary/aromatic N) is 4. The molecule has 8 heterocycles. The van der Waals surface area contributed by atoms with Gasteiger partial charge in [0.1, 0.15) is 23.0 Å². The van der Waals surface area contributed by atoms with E-state index in [0.29, 0.717) is 114 Å². The number of ether oxygens (including phenoxy) is 4. The fourth-order valence-corrected chi connectivity index (χ4v) is 22.2. The van der Waals surface area contributed by atoms with Crippen LogP contribution in [0.3, 0.4) is 0 Å². The van der Waals surface area contributed by atoms with Crippen molar-refractivity contribution in [2.75, 3.05) is 6.61 Å². The molecule has 0 aliphatic heterocycles. The minimum atomic E-state index is -0.961. The Kier molecular flexibility index (Phi) is 22.3. The summed E-state index contributed by atoms with van der Waals surface area (Å²) in [6.07, 6.45) is 9.99. The lowest BCUT2D eigenvalue weighted by atomic mass is 9.70. The first-order valence-corrected chi connectivity index (χ1v) is 44.6. The molecule has 4 aliphatic rings. The SMILES string of the molecule is Cc1c(-c2cc(C(=O)O)c3c(OC4CC(C)(C)C4)ccc(C)c3n2)sc2ccccc12.Cc1c(-c2cc(C(=O)O)c3c(OC4CC(C)C4)ccc(C)c3n2)sc2ccccc12.Cc1c(-c2cc(C(=O)O)c3c(OC4CC(C)C4)ccc(C)c3n2)sc2ccccc12.Cc1c(-c2cc(C(=O)O)c3c(OCC4CCC4)ccc(C)c3n2)sc2ccccc12.